The molecule has 0 aliphatic heterocycles. The van der Waals surface area contributed by atoms with Crippen molar-refractivity contribution in [2.24, 2.45) is 0 Å². The van der Waals surface area contributed by atoms with Gasteiger partial charge in [0.25, 0.3) is 0 Å². The van der Waals surface area contributed by atoms with Gasteiger partial charge in [-0.25, -0.2) is 4.79 Å². The lowest BCUT2D eigenvalue weighted by atomic mass is 10.1. The molecule has 3 aromatic rings. The predicted molar refractivity (Wildman–Crippen MR) is 79.1 cm³/mol. The van der Waals surface area contributed by atoms with E-state index < -0.39 is 5.97 Å². The third kappa shape index (κ3) is 2.53. The van der Waals surface area contributed by atoms with Gasteiger partial charge in [0.2, 0.25) is 0 Å². The standard InChI is InChI=1S/C15H12N2O2S/c18-15(19)11-6-12-8-16-17-14(12)13(7-11)20-9-10-4-2-1-3-5-10/h1-8H,9H2,(H,16,17)(H,18,19). The van der Waals surface area contributed by atoms with Crippen molar-refractivity contribution in [3.05, 3.63) is 59.8 Å². The van der Waals surface area contributed by atoms with Gasteiger partial charge in [-0.2, -0.15) is 5.10 Å². The van der Waals surface area contributed by atoms with Gasteiger partial charge < -0.3 is 5.11 Å². The second-order valence-corrected chi connectivity index (χ2v) is 5.41. The van der Waals surface area contributed by atoms with Gasteiger partial charge in [0.05, 0.1) is 17.3 Å². The molecule has 100 valence electrons. The maximum Gasteiger partial charge on any atom is 0.335 e. The highest BCUT2D eigenvalue weighted by Crippen LogP contribution is 2.30. The van der Waals surface area contributed by atoms with Crippen LogP contribution in [0.2, 0.25) is 0 Å². The van der Waals surface area contributed by atoms with Crippen LogP contribution in [0.3, 0.4) is 0 Å². The normalized spacial score (nSPS) is 10.8. The zero-order valence-electron chi connectivity index (χ0n) is 10.5. The highest BCUT2D eigenvalue weighted by Gasteiger charge is 2.11. The number of aromatic amines is 1. The third-order valence-electron chi connectivity index (χ3n) is 3.00. The van der Waals surface area contributed by atoms with E-state index in [0.29, 0.717) is 0 Å². The number of fused-ring (bicyclic) bond motifs is 1. The largest absolute Gasteiger partial charge is 0.478 e. The number of rotatable bonds is 4. The van der Waals surface area contributed by atoms with Crippen LogP contribution in [0.1, 0.15) is 15.9 Å². The first-order valence-electron chi connectivity index (χ1n) is 6.11. The Bertz CT molecular complexity index is 753. The van der Waals surface area contributed by atoms with Crippen LogP contribution < -0.4 is 0 Å². The second kappa shape index (κ2) is 5.38. The Morgan fingerprint density at radius 3 is 2.80 bits per heavy atom. The summed E-state index contributed by atoms with van der Waals surface area (Å²) in [7, 11) is 0. The van der Waals surface area contributed by atoms with Crippen molar-refractivity contribution in [2.45, 2.75) is 10.6 Å². The van der Waals surface area contributed by atoms with E-state index in [2.05, 4.69) is 22.3 Å². The summed E-state index contributed by atoms with van der Waals surface area (Å²) in [6, 6.07) is 13.4. The lowest BCUT2D eigenvalue weighted by Gasteiger charge is -2.05. The molecule has 3 rings (SSSR count). The predicted octanol–water partition coefficient (Wildman–Crippen LogP) is 3.55. The van der Waals surface area contributed by atoms with Crippen LogP contribution in [0.5, 0.6) is 0 Å². The number of H-pyrrole nitrogens is 1. The van der Waals surface area contributed by atoms with Crippen molar-refractivity contribution in [3.8, 4) is 0 Å². The number of carbonyl (C=O) groups is 1. The quantitative estimate of drug-likeness (QED) is 0.719. The first kappa shape index (κ1) is 12.7. The summed E-state index contributed by atoms with van der Waals surface area (Å²) < 4.78 is 0. The third-order valence-corrected chi connectivity index (χ3v) is 4.11. The molecule has 1 heterocycles. The molecule has 0 saturated carbocycles. The van der Waals surface area contributed by atoms with Gasteiger partial charge in [0, 0.05) is 16.0 Å². The van der Waals surface area contributed by atoms with E-state index in [4.69, 9.17) is 5.11 Å². The molecule has 1 aromatic heterocycles. The number of benzene rings is 2. The fraction of sp³-hybridized carbons (Fsp3) is 0.0667. The van der Waals surface area contributed by atoms with E-state index in [0.717, 1.165) is 21.6 Å². The number of nitrogens with zero attached hydrogens (tertiary/aromatic N) is 1. The van der Waals surface area contributed by atoms with Gasteiger partial charge in [-0.1, -0.05) is 30.3 Å². The molecule has 20 heavy (non-hydrogen) atoms. The van der Waals surface area contributed by atoms with E-state index in [-0.39, 0.29) is 5.56 Å². The molecule has 0 unspecified atom stereocenters. The Hall–Kier alpha value is -2.27. The minimum absolute atomic E-state index is 0.287. The highest BCUT2D eigenvalue weighted by molar-refractivity contribution is 7.98. The molecule has 0 saturated heterocycles. The molecule has 0 bridgehead atoms. The molecule has 0 fully saturated rings. The molecule has 2 aromatic carbocycles. The minimum atomic E-state index is -0.922. The molecule has 0 aliphatic carbocycles. The first-order valence-corrected chi connectivity index (χ1v) is 7.10. The maximum atomic E-state index is 11.2. The van der Waals surface area contributed by atoms with Gasteiger partial charge in [0.1, 0.15) is 0 Å². The van der Waals surface area contributed by atoms with Gasteiger partial charge >= 0.3 is 5.97 Å². The molecular formula is C15H12N2O2S. The lowest BCUT2D eigenvalue weighted by molar-refractivity contribution is 0.0697. The van der Waals surface area contributed by atoms with E-state index in [1.54, 1.807) is 30.1 Å². The lowest BCUT2D eigenvalue weighted by Crippen LogP contribution is -1.96. The van der Waals surface area contributed by atoms with Gasteiger partial charge in [-0.05, 0) is 17.7 Å². The van der Waals surface area contributed by atoms with Crippen molar-refractivity contribution in [3.63, 3.8) is 0 Å². The molecule has 0 aliphatic rings. The average Bonchev–Trinajstić information content (AvgIpc) is 2.94. The SMILES string of the molecule is O=C(O)c1cc(SCc2ccccc2)c2[nH]ncc2c1. The number of hydrogen-bond donors (Lipinski definition) is 2. The zero-order chi connectivity index (χ0) is 13.9. The van der Waals surface area contributed by atoms with Crippen molar-refractivity contribution in [1.82, 2.24) is 10.2 Å². The van der Waals surface area contributed by atoms with Crippen LogP contribution in [0.15, 0.2) is 53.6 Å². The number of carboxylic acids is 1. The number of hydrogen-bond acceptors (Lipinski definition) is 3. The van der Waals surface area contributed by atoms with E-state index in [1.165, 1.54) is 5.56 Å². The Kier molecular flexibility index (Phi) is 3.43. The van der Waals surface area contributed by atoms with Crippen LogP contribution >= 0.6 is 11.8 Å². The zero-order valence-corrected chi connectivity index (χ0v) is 11.4. The second-order valence-electron chi connectivity index (χ2n) is 4.39. The monoisotopic (exact) mass is 284 g/mol. The maximum absolute atomic E-state index is 11.2. The Labute approximate surface area is 119 Å². The average molecular weight is 284 g/mol. The van der Waals surface area contributed by atoms with Crippen molar-refractivity contribution >= 4 is 28.6 Å². The number of carboxylic acid groups (broad SMARTS) is 1. The smallest absolute Gasteiger partial charge is 0.335 e. The summed E-state index contributed by atoms with van der Waals surface area (Å²) in [5.41, 5.74) is 2.37. The fourth-order valence-corrected chi connectivity index (χ4v) is 3.03. The summed E-state index contributed by atoms with van der Waals surface area (Å²) in [6.07, 6.45) is 1.65. The summed E-state index contributed by atoms with van der Waals surface area (Å²) in [4.78, 5) is 12.1. The summed E-state index contributed by atoms with van der Waals surface area (Å²) in [5, 5.41) is 16.9. The number of aromatic carboxylic acids is 1. The van der Waals surface area contributed by atoms with Crippen LogP contribution in [0.4, 0.5) is 0 Å². The minimum Gasteiger partial charge on any atom is -0.478 e. The number of nitrogens with one attached hydrogen (secondary N) is 1. The molecule has 0 spiro atoms. The van der Waals surface area contributed by atoms with Crippen LogP contribution in [-0.2, 0) is 5.75 Å². The molecule has 0 amide bonds. The highest BCUT2D eigenvalue weighted by atomic mass is 32.2. The molecular weight excluding hydrogens is 272 g/mol. The van der Waals surface area contributed by atoms with Gasteiger partial charge in [-0.3, -0.25) is 5.10 Å². The summed E-state index contributed by atoms with van der Waals surface area (Å²) in [5.74, 6) is -0.132. The first-order chi connectivity index (χ1) is 9.74. The Morgan fingerprint density at radius 2 is 2.05 bits per heavy atom. The summed E-state index contributed by atoms with van der Waals surface area (Å²) >= 11 is 1.60. The van der Waals surface area contributed by atoms with E-state index in [1.807, 2.05) is 18.2 Å². The molecule has 2 N–H and O–H groups in total. The van der Waals surface area contributed by atoms with Crippen molar-refractivity contribution in [2.75, 3.05) is 0 Å². The molecule has 0 atom stereocenters. The van der Waals surface area contributed by atoms with Crippen molar-refractivity contribution in [1.29, 1.82) is 0 Å². The summed E-state index contributed by atoms with van der Waals surface area (Å²) in [6.45, 7) is 0. The Balaban J connectivity index is 1.93. The molecule has 4 nitrogen and oxygen atoms in total. The number of aromatic nitrogens is 2. The Morgan fingerprint density at radius 1 is 1.25 bits per heavy atom. The van der Waals surface area contributed by atoms with Crippen LogP contribution in [0.25, 0.3) is 10.9 Å². The molecule has 0 radical (unpaired) electrons. The fourth-order valence-electron chi connectivity index (χ4n) is 2.00. The van der Waals surface area contributed by atoms with E-state index >= 15 is 0 Å². The molecule has 5 heteroatoms. The van der Waals surface area contributed by atoms with Crippen LogP contribution in [-0.4, -0.2) is 21.3 Å². The van der Waals surface area contributed by atoms with Crippen LogP contribution in [0, 0.1) is 0 Å². The number of thioether (sulfide) groups is 1. The van der Waals surface area contributed by atoms with E-state index in [9.17, 15) is 4.79 Å². The topological polar surface area (TPSA) is 66.0 Å². The van der Waals surface area contributed by atoms with Gasteiger partial charge in [-0.15, -0.1) is 11.8 Å². The van der Waals surface area contributed by atoms with Crippen molar-refractivity contribution < 1.29 is 9.90 Å². The van der Waals surface area contributed by atoms with Gasteiger partial charge in [0.15, 0.2) is 0 Å².